The molecule has 3 N–H and O–H groups in total. The van der Waals surface area contributed by atoms with Crippen LogP contribution in [-0.4, -0.2) is 61.1 Å². The Morgan fingerprint density at radius 3 is 2.70 bits per heavy atom. The third-order valence-electron chi connectivity index (χ3n) is 4.08. The topological polar surface area (TPSA) is 74.5 Å². The molecule has 20 heavy (non-hydrogen) atoms. The summed E-state index contributed by atoms with van der Waals surface area (Å²) in [5.41, 5.74) is 6.73. The zero-order valence-electron chi connectivity index (χ0n) is 11.8. The summed E-state index contributed by atoms with van der Waals surface area (Å²) >= 11 is 0. The standard InChI is InChI=1S/C14H21N5O/c1-10-6-11(14(15)20)7-13(17-10)19-8-12(9-19)18-4-2-16-3-5-18/h6-7,12,16H,2-5,8-9H2,1H3,(H2,15,20). The molecule has 0 saturated carbocycles. The van der Waals surface area contributed by atoms with E-state index >= 15 is 0 Å². The van der Waals surface area contributed by atoms with Crippen LogP contribution in [0.5, 0.6) is 0 Å². The van der Waals surface area contributed by atoms with E-state index in [1.165, 1.54) is 0 Å². The summed E-state index contributed by atoms with van der Waals surface area (Å²) < 4.78 is 0. The second-order valence-corrected chi connectivity index (χ2v) is 5.56. The molecule has 3 rings (SSSR count). The van der Waals surface area contributed by atoms with Crippen LogP contribution >= 0.6 is 0 Å². The van der Waals surface area contributed by atoms with Gasteiger partial charge in [0.05, 0.1) is 0 Å². The molecule has 2 aliphatic heterocycles. The van der Waals surface area contributed by atoms with Crippen molar-refractivity contribution in [1.82, 2.24) is 15.2 Å². The molecule has 0 spiro atoms. The molecule has 1 amide bonds. The van der Waals surface area contributed by atoms with E-state index in [0.717, 1.165) is 50.8 Å². The summed E-state index contributed by atoms with van der Waals surface area (Å²) in [6.45, 7) is 8.24. The highest BCUT2D eigenvalue weighted by Gasteiger charge is 2.33. The molecule has 6 nitrogen and oxygen atoms in total. The number of aryl methyl sites for hydroxylation is 1. The van der Waals surface area contributed by atoms with Gasteiger partial charge in [0.25, 0.3) is 0 Å². The Kier molecular flexibility index (Phi) is 3.58. The van der Waals surface area contributed by atoms with Gasteiger partial charge in [-0.05, 0) is 19.1 Å². The van der Waals surface area contributed by atoms with Crippen LogP contribution in [0.25, 0.3) is 0 Å². The number of pyridine rings is 1. The first-order valence-electron chi connectivity index (χ1n) is 7.12. The van der Waals surface area contributed by atoms with Crippen LogP contribution in [0, 0.1) is 6.92 Å². The fourth-order valence-corrected chi connectivity index (χ4v) is 2.88. The molecule has 3 heterocycles. The third kappa shape index (κ3) is 2.62. The zero-order valence-corrected chi connectivity index (χ0v) is 11.8. The second-order valence-electron chi connectivity index (χ2n) is 5.56. The van der Waals surface area contributed by atoms with Gasteiger partial charge in [-0.15, -0.1) is 0 Å². The predicted molar refractivity (Wildman–Crippen MR) is 77.9 cm³/mol. The molecule has 2 saturated heterocycles. The Labute approximate surface area is 118 Å². The van der Waals surface area contributed by atoms with Gasteiger partial charge in [-0.1, -0.05) is 0 Å². The van der Waals surface area contributed by atoms with Gasteiger partial charge in [0.15, 0.2) is 0 Å². The number of hydrogen-bond acceptors (Lipinski definition) is 5. The number of nitrogens with two attached hydrogens (primary N) is 1. The highest BCUT2D eigenvalue weighted by atomic mass is 16.1. The fraction of sp³-hybridized carbons (Fsp3) is 0.571. The molecule has 0 unspecified atom stereocenters. The summed E-state index contributed by atoms with van der Waals surface area (Å²) in [7, 11) is 0. The molecule has 108 valence electrons. The first kappa shape index (κ1) is 13.3. The Bertz CT molecular complexity index is 506. The normalized spacial score (nSPS) is 20.8. The van der Waals surface area contributed by atoms with Crippen molar-refractivity contribution < 1.29 is 4.79 Å². The van der Waals surface area contributed by atoms with Crippen molar-refractivity contribution in [2.24, 2.45) is 5.73 Å². The minimum atomic E-state index is -0.393. The number of hydrogen-bond donors (Lipinski definition) is 2. The van der Waals surface area contributed by atoms with Crippen LogP contribution in [0.1, 0.15) is 16.1 Å². The van der Waals surface area contributed by atoms with Crippen LogP contribution in [0.15, 0.2) is 12.1 Å². The largest absolute Gasteiger partial charge is 0.366 e. The van der Waals surface area contributed by atoms with E-state index in [0.29, 0.717) is 11.6 Å². The van der Waals surface area contributed by atoms with E-state index in [1.807, 2.05) is 6.92 Å². The average molecular weight is 275 g/mol. The number of piperazine rings is 1. The van der Waals surface area contributed by atoms with Crippen LogP contribution in [0.4, 0.5) is 5.82 Å². The van der Waals surface area contributed by atoms with Crippen molar-refractivity contribution in [2.45, 2.75) is 13.0 Å². The Morgan fingerprint density at radius 2 is 2.05 bits per heavy atom. The predicted octanol–water partition coefficient (Wildman–Crippen LogP) is -0.417. The molecule has 0 atom stereocenters. The molecule has 6 heteroatoms. The Morgan fingerprint density at radius 1 is 1.35 bits per heavy atom. The van der Waals surface area contributed by atoms with Gasteiger partial charge in [0.2, 0.25) is 5.91 Å². The molecule has 0 aromatic carbocycles. The number of aromatic nitrogens is 1. The van der Waals surface area contributed by atoms with E-state index in [2.05, 4.69) is 20.1 Å². The minimum Gasteiger partial charge on any atom is -0.366 e. The van der Waals surface area contributed by atoms with Crippen molar-refractivity contribution in [3.05, 3.63) is 23.4 Å². The number of amides is 1. The smallest absolute Gasteiger partial charge is 0.248 e. The van der Waals surface area contributed by atoms with Gasteiger partial charge in [-0.3, -0.25) is 9.69 Å². The van der Waals surface area contributed by atoms with Crippen molar-refractivity contribution in [3.8, 4) is 0 Å². The summed E-state index contributed by atoms with van der Waals surface area (Å²) in [5.74, 6) is 0.473. The summed E-state index contributed by atoms with van der Waals surface area (Å²) in [4.78, 5) is 20.6. The SMILES string of the molecule is Cc1cc(C(N)=O)cc(N2CC(N3CCNCC3)C2)n1. The lowest BCUT2D eigenvalue weighted by molar-refractivity contribution is 0.1000. The fourth-order valence-electron chi connectivity index (χ4n) is 2.88. The quantitative estimate of drug-likeness (QED) is 0.784. The van der Waals surface area contributed by atoms with Crippen LogP contribution in [0.3, 0.4) is 0 Å². The molecule has 1 aromatic heterocycles. The molecule has 0 aliphatic carbocycles. The lowest BCUT2D eigenvalue weighted by Gasteiger charge is -2.47. The van der Waals surface area contributed by atoms with Crippen LogP contribution < -0.4 is 16.0 Å². The molecular weight excluding hydrogens is 254 g/mol. The van der Waals surface area contributed by atoms with Crippen LogP contribution in [0.2, 0.25) is 0 Å². The monoisotopic (exact) mass is 275 g/mol. The summed E-state index contributed by atoms with van der Waals surface area (Å²) in [5, 5.41) is 3.37. The summed E-state index contributed by atoms with van der Waals surface area (Å²) in [6, 6.07) is 4.14. The molecule has 2 fully saturated rings. The van der Waals surface area contributed by atoms with Gasteiger partial charge in [0.1, 0.15) is 5.82 Å². The van der Waals surface area contributed by atoms with Gasteiger partial charge in [-0.2, -0.15) is 0 Å². The van der Waals surface area contributed by atoms with Crippen molar-refractivity contribution in [2.75, 3.05) is 44.2 Å². The Balaban J connectivity index is 1.65. The Hall–Kier alpha value is -1.66. The molecular formula is C14H21N5O. The van der Waals surface area contributed by atoms with Crippen molar-refractivity contribution in [3.63, 3.8) is 0 Å². The van der Waals surface area contributed by atoms with Gasteiger partial charge < -0.3 is 16.0 Å². The number of nitrogens with one attached hydrogen (secondary N) is 1. The highest BCUT2D eigenvalue weighted by Crippen LogP contribution is 2.23. The lowest BCUT2D eigenvalue weighted by atomic mass is 10.1. The number of carbonyl (C=O) groups excluding carboxylic acids is 1. The van der Waals surface area contributed by atoms with E-state index in [9.17, 15) is 4.79 Å². The maximum Gasteiger partial charge on any atom is 0.248 e. The molecule has 0 radical (unpaired) electrons. The minimum absolute atomic E-state index is 0.393. The highest BCUT2D eigenvalue weighted by molar-refractivity contribution is 5.93. The zero-order chi connectivity index (χ0) is 14.1. The number of carbonyl (C=O) groups is 1. The lowest BCUT2D eigenvalue weighted by Crippen LogP contribution is -2.63. The number of anilines is 1. The van der Waals surface area contributed by atoms with Crippen molar-refractivity contribution >= 4 is 11.7 Å². The second kappa shape index (κ2) is 5.38. The van der Waals surface area contributed by atoms with E-state index in [4.69, 9.17) is 5.73 Å². The van der Waals surface area contributed by atoms with Gasteiger partial charge >= 0.3 is 0 Å². The van der Waals surface area contributed by atoms with Gasteiger partial charge in [0, 0.05) is 56.6 Å². The first-order valence-corrected chi connectivity index (χ1v) is 7.12. The average Bonchev–Trinajstić information content (AvgIpc) is 2.37. The maximum absolute atomic E-state index is 11.3. The number of rotatable bonds is 3. The van der Waals surface area contributed by atoms with E-state index in [1.54, 1.807) is 12.1 Å². The number of nitrogens with zero attached hydrogens (tertiary/aromatic N) is 3. The van der Waals surface area contributed by atoms with Gasteiger partial charge in [-0.25, -0.2) is 4.98 Å². The van der Waals surface area contributed by atoms with E-state index in [-0.39, 0.29) is 0 Å². The maximum atomic E-state index is 11.3. The number of primary amides is 1. The van der Waals surface area contributed by atoms with Crippen LogP contribution in [-0.2, 0) is 0 Å². The summed E-state index contributed by atoms with van der Waals surface area (Å²) in [6.07, 6.45) is 0. The molecule has 0 bridgehead atoms. The van der Waals surface area contributed by atoms with Crippen molar-refractivity contribution in [1.29, 1.82) is 0 Å². The molecule has 2 aliphatic rings. The third-order valence-corrected chi connectivity index (χ3v) is 4.08. The molecule has 1 aromatic rings. The van der Waals surface area contributed by atoms with E-state index < -0.39 is 5.91 Å². The first-order chi connectivity index (χ1) is 9.63.